The highest BCUT2D eigenvalue weighted by Crippen LogP contribution is 2.29. The number of aryl methyl sites for hydroxylation is 1. The van der Waals surface area contributed by atoms with Gasteiger partial charge < -0.3 is 16.0 Å². The Kier molecular flexibility index (Phi) is 3.64. The molecule has 1 unspecified atom stereocenters. The van der Waals surface area contributed by atoms with Gasteiger partial charge in [0.25, 0.3) is 0 Å². The van der Waals surface area contributed by atoms with Gasteiger partial charge in [-0.3, -0.25) is 0 Å². The van der Waals surface area contributed by atoms with Gasteiger partial charge in [0.1, 0.15) is 0 Å². The van der Waals surface area contributed by atoms with Crippen molar-refractivity contribution in [3.8, 4) is 0 Å². The minimum Gasteiger partial charge on any atom is -0.330 e. The first-order valence-corrected chi connectivity index (χ1v) is 7.10. The number of carbonyl (C=O) groups excluding carboxylic acids is 1. The van der Waals surface area contributed by atoms with E-state index in [1.165, 1.54) is 10.4 Å². The molecule has 1 aromatic rings. The molecule has 0 radical (unpaired) electrons. The minimum atomic E-state index is -0.0310. The summed E-state index contributed by atoms with van der Waals surface area (Å²) in [6.07, 6.45) is 0. The Hall–Kier alpha value is -1.07. The summed E-state index contributed by atoms with van der Waals surface area (Å²) in [5.41, 5.74) is 6.95. The number of nitrogens with zero attached hydrogens (tertiary/aromatic N) is 1. The molecule has 1 aliphatic rings. The third kappa shape index (κ3) is 2.67. The second kappa shape index (κ2) is 4.90. The standard InChI is InChI=1S/C13H21N3OS/c1-9-4-5-18-11(9)10-6-16(12(17)15-10)8-13(2,3)7-14/h4-5,10H,6-8,14H2,1-3H3,(H,15,17). The molecule has 100 valence electrons. The minimum absolute atomic E-state index is 0.0225. The van der Waals surface area contributed by atoms with Crippen molar-refractivity contribution in [2.24, 2.45) is 11.1 Å². The molecular weight excluding hydrogens is 246 g/mol. The number of carbonyl (C=O) groups is 1. The van der Waals surface area contributed by atoms with Gasteiger partial charge in [0.15, 0.2) is 0 Å². The molecule has 1 aliphatic heterocycles. The average molecular weight is 267 g/mol. The van der Waals surface area contributed by atoms with Crippen LogP contribution in [0.2, 0.25) is 0 Å². The molecule has 2 amide bonds. The van der Waals surface area contributed by atoms with Gasteiger partial charge in [0, 0.05) is 18.0 Å². The first kappa shape index (κ1) is 13.4. The molecule has 2 heterocycles. The lowest BCUT2D eigenvalue weighted by Crippen LogP contribution is -2.40. The second-order valence-electron chi connectivity index (χ2n) is 5.72. The van der Waals surface area contributed by atoms with E-state index >= 15 is 0 Å². The Balaban J connectivity index is 2.06. The van der Waals surface area contributed by atoms with Crippen LogP contribution >= 0.6 is 11.3 Å². The van der Waals surface area contributed by atoms with Crippen LogP contribution in [0.3, 0.4) is 0 Å². The van der Waals surface area contributed by atoms with Gasteiger partial charge in [-0.05, 0) is 35.9 Å². The maximum Gasteiger partial charge on any atom is 0.318 e. The van der Waals surface area contributed by atoms with Gasteiger partial charge in [-0.2, -0.15) is 0 Å². The van der Waals surface area contributed by atoms with Crippen LogP contribution in [0, 0.1) is 12.3 Å². The smallest absolute Gasteiger partial charge is 0.318 e. The SMILES string of the molecule is Cc1ccsc1C1CN(CC(C)(C)CN)C(=O)N1. The number of rotatable bonds is 4. The molecule has 0 aromatic carbocycles. The number of hydrogen-bond acceptors (Lipinski definition) is 3. The molecule has 18 heavy (non-hydrogen) atoms. The number of amides is 2. The van der Waals surface area contributed by atoms with Crippen molar-refractivity contribution in [3.63, 3.8) is 0 Å². The zero-order chi connectivity index (χ0) is 13.3. The molecule has 4 nitrogen and oxygen atoms in total. The molecule has 2 rings (SSSR count). The fraction of sp³-hybridized carbons (Fsp3) is 0.615. The van der Waals surface area contributed by atoms with Gasteiger partial charge in [-0.1, -0.05) is 13.8 Å². The van der Waals surface area contributed by atoms with Gasteiger partial charge in [0.2, 0.25) is 0 Å². The maximum absolute atomic E-state index is 12.0. The van der Waals surface area contributed by atoms with Gasteiger partial charge >= 0.3 is 6.03 Å². The van der Waals surface area contributed by atoms with Crippen molar-refractivity contribution in [2.45, 2.75) is 26.8 Å². The Morgan fingerprint density at radius 2 is 2.33 bits per heavy atom. The lowest BCUT2D eigenvalue weighted by molar-refractivity contribution is 0.191. The van der Waals surface area contributed by atoms with E-state index in [-0.39, 0.29) is 17.5 Å². The van der Waals surface area contributed by atoms with E-state index in [0.29, 0.717) is 13.1 Å². The lowest BCUT2D eigenvalue weighted by Gasteiger charge is -2.28. The Bertz CT molecular complexity index is 441. The molecule has 0 spiro atoms. The number of thiophene rings is 1. The van der Waals surface area contributed by atoms with Crippen LogP contribution in [0.5, 0.6) is 0 Å². The van der Waals surface area contributed by atoms with Gasteiger partial charge in [-0.25, -0.2) is 4.79 Å². The first-order chi connectivity index (χ1) is 8.43. The van der Waals surface area contributed by atoms with Crippen LogP contribution in [0.4, 0.5) is 4.79 Å². The van der Waals surface area contributed by atoms with Crippen LogP contribution in [0.15, 0.2) is 11.4 Å². The zero-order valence-electron chi connectivity index (χ0n) is 11.2. The first-order valence-electron chi connectivity index (χ1n) is 6.22. The largest absolute Gasteiger partial charge is 0.330 e. The Labute approximate surface area is 112 Å². The van der Waals surface area contributed by atoms with Gasteiger partial charge in [0.05, 0.1) is 6.04 Å². The number of nitrogens with two attached hydrogens (primary N) is 1. The Morgan fingerprint density at radius 3 is 2.89 bits per heavy atom. The third-order valence-electron chi connectivity index (χ3n) is 3.38. The average Bonchev–Trinajstić information content (AvgIpc) is 2.86. The van der Waals surface area contributed by atoms with Crippen molar-refractivity contribution in [1.82, 2.24) is 10.2 Å². The highest BCUT2D eigenvalue weighted by Gasteiger charge is 2.34. The highest BCUT2D eigenvalue weighted by atomic mass is 32.1. The summed E-state index contributed by atoms with van der Waals surface area (Å²) in [6.45, 7) is 8.29. The summed E-state index contributed by atoms with van der Waals surface area (Å²) in [6, 6.07) is 2.25. The van der Waals surface area contributed by atoms with E-state index in [0.717, 1.165) is 6.54 Å². The van der Waals surface area contributed by atoms with E-state index in [1.54, 1.807) is 11.3 Å². The summed E-state index contributed by atoms with van der Waals surface area (Å²) in [5, 5.41) is 5.12. The maximum atomic E-state index is 12.0. The molecule has 0 bridgehead atoms. The van der Waals surface area contributed by atoms with E-state index < -0.39 is 0 Å². The summed E-state index contributed by atoms with van der Waals surface area (Å²) < 4.78 is 0. The highest BCUT2D eigenvalue weighted by molar-refractivity contribution is 7.10. The van der Waals surface area contributed by atoms with Crippen molar-refractivity contribution >= 4 is 17.4 Å². The summed E-state index contributed by atoms with van der Waals surface area (Å²) in [5.74, 6) is 0. The predicted molar refractivity (Wildman–Crippen MR) is 74.7 cm³/mol. The second-order valence-corrected chi connectivity index (χ2v) is 6.67. The molecule has 0 aliphatic carbocycles. The number of nitrogens with one attached hydrogen (secondary N) is 1. The molecule has 1 saturated heterocycles. The van der Waals surface area contributed by atoms with E-state index in [4.69, 9.17) is 5.73 Å². The van der Waals surface area contributed by atoms with E-state index in [9.17, 15) is 4.79 Å². The van der Waals surface area contributed by atoms with Crippen molar-refractivity contribution < 1.29 is 4.79 Å². The van der Waals surface area contributed by atoms with Crippen LogP contribution in [0.25, 0.3) is 0 Å². The molecule has 1 atom stereocenters. The molecule has 0 saturated carbocycles. The molecule has 1 fully saturated rings. The van der Waals surface area contributed by atoms with Gasteiger partial charge in [-0.15, -0.1) is 11.3 Å². The lowest BCUT2D eigenvalue weighted by atomic mass is 9.93. The molecule has 5 heteroatoms. The molecule has 1 aromatic heterocycles. The van der Waals surface area contributed by atoms with Crippen LogP contribution in [-0.4, -0.2) is 30.6 Å². The van der Waals surface area contributed by atoms with Crippen LogP contribution in [-0.2, 0) is 0 Å². The Morgan fingerprint density at radius 1 is 1.61 bits per heavy atom. The monoisotopic (exact) mass is 267 g/mol. The normalized spacial score (nSPS) is 20.3. The summed E-state index contributed by atoms with van der Waals surface area (Å²) in [4.78, 5) is 15.1. The quantitative estimate of drug-likeness (QED) is 0.878. The molecular formula is C13H21N3OS. The van der Waals surface area contributed by atoms with E-state index in [1.807, 2.05) is 4.90 Å². The summed E-state index contributed by atoms with van der Waals surface area (Å²) >= 11 is 1.71. The zero-order valence-corrected chi connectivity index (χ0v) is 12.0. The fourth-order valence-corrected chi connectivity index (χ4v) is 3.17. The topological polar surface area (TPSA) is 58.4 Å². The molecule has 3 N–H and O–H groups in total. The van der Waals surface area contributed by atoms with Crippen molar-refractivity contribution in [1.29, 1.82) is 0 Å². The predicted octanol–water partition coefficient (Wildman–Crippen LogP) is 2.11. The van der Waals surface area contributed by atoms with Crippen molar-refractivity contribution in [2.75, 3.05) is 19.6 Å². The third-order valence-corrected chi connectivity index (χ3v) is 4.51. The van der Waals surface area contributed by atoms with Crippen molar-refractivity contribution in [3.05, 3.63) is 21.9 Å². The van der Waals surface area contributed by atoms with E-state index in [2.05, 4.69) is 37.5 Å². The van der Waals surface area contributed by atoms with Crippen LogP contribution in [0.1, 0.15) is 30.3 Å². The van der Waals surface area contributed by atoms with Crippen LogP contribution < -0.4 is 11.1 Å². The fourth-order valence-electron chi connectivity index (χ4n) is 2.20. The number of urea groups is 1. The summed E-state index contributed by atoms with van der Waals surface area (Å²) in [7, 11) is 0. The number of hydrogen-bond donors (Lipinski definition) is 2.